The Morgan fingerprint density at radius 2 is 2.00 bits per heavy atom. The van der Waals surface area contributed by atoms with Gasteiger partial charge in [0.25, 0.3) is 5.69 Å². The molecule has 0 aromatic heterocycles. The van der Waals surface area contributed by atoms with Gasteiger partial charge in [0.2, 0.25) is 5.91 Å². The Labute approximate surface area is 153 Å². The lowest BCUT2D eigenvalue weighted by molar-refractivity contribution is -0.384. The molecular weight excluding hydrogens is 364 g/mol. The van der Waals surface area contributed by atoms with Gasteiger partial charge in [-0.3, -0.25) is 14.9 Å². The number of rotatable bonds is 7. The number of nitro benzene ring substituents is 1. The normalized spacial score (nSPS) is 15.2. The minimum atomic E-state index is -0.657. The molecule has 1 fully saturated rings. The van der Waals surface area contributed by atoms with Crippen LogP contribution >= 0.6 is 11.8 Å². The second kappa shape index (κ2) is 8.99. The Balaban J connectivity index is 1.90. The van der Waals surface area contributed by atoms with Gasteiger partial charge in [-0.05, 0) is 19.1 Å². The molecule has 1 saturated heterocycles. The highest BCUT2D eigenvalue weighted by Crippen LogP contribution is 2.28. The first-order chi connectivity index (χ1) is 12.4. The Morgan fingerprint density at radius 1 is 1.31 bits per heavy atom. The van der Waals surface area contributed by atoms with E-state index in [9.17, 15) is 24.5 Å². The van der Waals surface area contributed by atoms with Crippen molar-refractivity contribution in [2.75, 3.05) is 25.5 Å². The molecule has 1 aliphatic heterocycles. The number of carbonyl (C=O) groups is 3. The fourth-order valence-electron chi connectivity index (χ4n) is 2.09. The van der Waals surface area contributed by atoms with Crippen LogP contribution in [0.5, 0.6) is 0 Å². The fraction of sp³-hybridized carbons (Fsp3) is 0.312. The van der Waals surface area contributed by atoms with Crippen molar-refractivity contribution < 1.29 is 28.8 Å². The molecule has 1 heterocycles. The van der Waals surface area contributed by atoms with Crippen LogP contribution in [0.4, 0.5) is 5.69 Å². The van der Waals surface area contributed by atoms with Gasteiger partial charge in [0.15, 0.2) is 0 Å². The number of ether oxygens (including phenoxy) is 2. The van der Waals surface area contributed by atoms with E-state index in [2.05, 4.69) is 0 Å². The summed E-state index contributed by atoms with van der Waals surface area (Å²) in [6.07, 6.45) is 1.23. The van der Waals surface area contributed by atoms with Crippen LogP contribution in [0.25, 0.3) is 0 Å². The van der Waals surface area contributed by atoms with Crippen LogP contribution < -0.4 is 0 Å². The number of hydrogen-bond acceptors (Lipinski definition) is 8. The van der Waals surface area contributed by atoms with Gasteiger partial charge in [-0.1, -0.05) is 11.8 Å². The van der Waals surface area contributed by atoms with Crippen LogP contribution in [0, 0.1) is 10.1 Å². The van der Waals surface area contributed by atoms with E-state index >= 15 is 0 Å². The first kappa shape index (κ1) is 19.4. The number of carbonyl (C=O) groups excluding carboxylic acids is 3. The smallest absolute Gasteiger partial charge is 0.338 e. The van der Waals surface area contributed by atoms with Crippen molar-refractivity contribution in [2.45, 2.75) is 6.92 Å². The Kier molecular flexibility index (Phi) is 6.73. The second-order valence-corrected chi connectivity index (χ2v) is 6.00. The molecule has 2 rings (SSSR count). The van der Waals surface area contributed by atoms with Gasteiger partial charge >= 0.3 is 11.9 Å². The predicted octanol–water partition coefficient (Wildman–Crippen LogP) is 1.73. The van der Waals surface area contributed by atoms with E-state index in [1.807, 2.05) is 0 Å². The zero-order chi connectivity index (χ0) is 19.1. The number of nitrogens with zero attached hydrogens (tertiary/aromatic N) is 2. The van der Waals surface area contributed by atoms with E-state index in [0.717, 1.165) is 0 Å². The molecule has 0 unspecified atom stereocenters. The number of amides is 1. The van der Waals surface area contributed by atoms with Crippen LogP contribution in [-0.4, -0.2) is 53.2 Å². The average Bonchev–Trinajstić information content (AvgIpc) is 2.95. The maximum atomic E-state index is 11.9. The number of esters is 2. The van der Waals surface area contributed by atoms with Gasteiger partial charge in [0.05, 0.1) is 40.5 Å². The summed E-state index contributed by atoms with van der Waals surface area (Å²) in [5.74, 6) is -1.20. The van der Waals surface area contributed by atoms with E-state index in [1.54, 1.807) is 6.92 Å². The monoisotopic (exact) mass is 380 g/mol. The molecule has 0 atom stereocenters. The maximum absolute atomic E-state index is 11.9. The minimum Gasteiger partial charge on any atom is -0.463 e. The van der Waals surface area contributed by atoms with Crippen molar-refractivity contribution in [3.8, 4) is 0 Å². The predicted molar refractivity (Wildman–Crippen MR) is 92.3 cm³/mol. The summed E-state index contributed by atoms with van der Waals surface area (Å²) < 4.78 is 9.90. The summed E-state index contributed by atoms with van der Waals surface area (Å²) in [4.78, 5) is 46.7. The molecule has 1 amide bonds. The largest absolute Gasteiger partial charge is 0.463 e. The van der Waals surface area contributed by atoms with Gasteiger partial charge in [0.1, 0.15) is 6.61 Å². The quantitative estimate of drug-likeness (QED) is 0.304. The van der Waals surface area contributed by atoms with Crippen molar-refractivity contribution in [1.29, 1.82) is 0 Å². The fourth-order valence-corrected chi connectivity index (χ4v) is 3.04. The van der Waals surface area contributed by atoms with E-state index in [0.29, 0.717) is 5.03 Å². The van der Waals surface area contributed by atoms with Gasteiger partial charge in [0, 0.05) is 12.1 Å². The van der Waals surface area contributed by atoms with Gasteiger partial charge < -0.3 is 14.4 Å². The molecule has 0 radical (unpaired) electrons. The average molecular weight is 380 g/mol. The zero-order valence-electron chi connectivity index (χ0n) is 13.9. The van der Waals surface area contributed by atoms with Crippen molar-refractivity contribution in [1.82, 2.24) is 4.90 Å². The molecular formula is C16H16N2O7S. The third-order valence-electron chi connectivity index (χ3n) is 3.30. The summed E-state index contributed by atoms with van der Waals surface area (Å²) in [6.45, 7) is 1.92. The lowest BCUT2D eigenvalue weighted by atomic mass is 10.2. The third kappa shape index (κ3) is 5.06. The topological polar surface area (TPSA) is 116 Å². The van der Waals surface area contributed by atoms with Crippen LogP contribution in [0.2, 0.25) is 0 Å². The number of non-ortho nitro benzene ring substituents is 1. The van der Waals surface area contributed by atoms with Crippen LogP contribution in [0.3, 0.4) is 0 Å². The molecule has 138 valence electrons. The standard InChI is InChI=1S/C16H16N2O7S/c1-2-24-15(20)9-14-17(13(19)10-26-14)7-8-25-16(21)11-3-5-12(6-4-11)18(22)23/h3-6,9H,2,7-8,10H2,1H3/b14-9-. The maximum Gasteiger partial charge on any atom is 0.338 e. The molecule has 1 aromatic carbocycles. The Bertz CT molecular complexity index is 745. The van der Waals surface area contributed by atoms with E-state index in [-0.39, 0.29) is 42.7 Å². The summed E-state index contributed by atoms with van der Waals surface area (Å²) in [5, 5.41) is 11.0. The molecule has 0 N–H and O–H groups in total. The highest BCUT2D eigenvalue weighted by Gasteiger charge is 2.27. The molecule has 0 saturated carbocycles. The summed E-state index contributed by atoms with van der Waals surface area (Å²) in [7, 11) is 0. The molecule has 0 aliphatic carbocycles. The lowest BCUT2D eigenvalue weighted by Gasteiger charge is -2.16. The zero-order valence-corrected chi connectivity index (χ0v) is 14.7. The molecule has 1 aliphatic rings. The van der Waals surface area contributed by atoms with E-state index < -0.39 is 16.9 Å². The molecule has 1 aromatic rings. The summed E-state index contributed by atoms with van der Waals surface area (Å²) in [5.41, 5.74) is 0.0370. The molecule has 26 heavy (non-hydrogen) atoms. The van der Waals surface area contributed by atoms with E-state index in [4.69, 9.17) is 9.47 Å². The van der Waals surface area contributed by atoms with Crippen LogP contribution in [0.15, 0.2) is 35.4 Å². The van der Waals surface area contributed by atoms with Crippen molar-refractivity contribution in [2.24, 2.45) is 0 Å². The van der Waals surface area contributed by atoms with Gasteiger partial charge in [-0.25, -0.2) is 9.59 Å². The first-order valence-corrected chi connectivity index (χ1v) is 8.64. The van der Waals surface area contributed by atoms with Crippen LogP contribution in [-0.2, 0) is 19.1 Å². The van der Waals surface area contributed by atoms with Crippen molar-refractivity contribution in [3.63, 3.8) is 0 Å². The number of thioether (sulfide) groups is 1. The van der Waals surface area contributed by atoms with Gasteiger partial charge in [-0.2, -0.15) is 0 Å². The number of benzene rings is 1. The Hall–Kier alpha value is -2.88. The Morgan fingerprint density at radius 3 is 2.62 bits per heavy atom. The second-order valence-electron chi connectivity index (χ2n) is 5.01. The molecule has 10 heteroatoms. The summed E-state index contributed by atoms with van der Waals surface area (Å²) >= 11 is 1.20. The number of hydrogen-bond donors (Lipinski definition) is 0. The van der Waals surface area contributed by atoms with Crippen LogP contribution in [0.1, 0.15) is 17.3 Å². The van der Waals surface area contributed by atoms with Crippen molar-refractivity contribution in [3.05, 3.63) is 51.0 Å². The minimum absolute atomic E-state index is 0.0811. The summed E-state index contributed by atoms with van der Waals surface area (Å²) in [6, 6.07) is 5.00. The highest BCUT2D eigenvalue weighted by atomic mass is 32.2. The highest BCUT2D eigenvalue weighted by molar-refractivity contribution is 8.04. The molecule has 9 nitrogen and oxygen atoms in total. The number of nitro groups is 1. The lowest BCUT2D eigenvalue weighted by Crippen LogP contribution is -2.29. The molecule has 0 spiro atoms. The molecule has 0 bridgehead atoms. The van der Waals surface area contributed by atoms with Crippen molar-refractivity contribution >= 4 is 35.3 Å². The first-order valence-electron chi connectivity index (χ1n) is 7.65. The van der Waals surface area contributed by atoms with Gasteiger partial charge in [-0.15, -0.1) is 0 Å². The van der Waals surface area contributed by atoms with E-state index in [1.165, 1.54) is 47.0 Å². The SMILES string of the molecule is CCOC(=O)/C=C1\SCC(=O)N1CCOC(=O)c1ccc([N+](=O)[O-])cc1. The third-order valence-corrected chi connectivity index (χ3v) is 4.33.